The first-order valence-electron chi connectivity index (χ1n) is 18.8. The standard InChI is InChI=1S/C51H36N4/c1-5-17-35(18-6-1)38-23-13-24-39(33-38)43-29-15-31-45-47(43)48-44(30-16-32-46(48)55(45)42-27-11-4-12-28-42)40-25-14-26-41(34-40)51-53-49(36-19-7-2-8-20-36)52-50(54-51)37-21-9-3-10-22-37/h1-9,11-21,23-34H,10,22H2. The molecule has 7 aromatic carbocycles. The molecule has 0 fully saturated rings. The van der Waals surface area contributed by atoms with E-state index in [0.29, 0.717) is 11.6 Å². The van der Waals surface area contributed by atoms with Gasteiger partial charge in [0.1, 0.15) is 0 Å². The molecule has 0 aliphatic heterocycles. The van der Waals surface area contributed by atoms with Crippen LogP contribution in [0.2, 0.25) is 0 Å². The highest BCUT2D eigenvalue weighted by Gasteiger charge is 2.21. The molecule has 0 saturated heterocycles. The maximum atomic E-state index is 5.10. The van der Waals surface area contributed by atoms with Crippen molar-refractivity contribution >= 4 is 27.4 Å². The van der Waals surface area contributed by atoms with Crippen molar-refractivity contribution in [2.24, 2.45) is 0 Å². The van der Waals surface area contributed by atoms with Gasteiger partial charge >= 0.3 is 0 Å². The Morgan fingerprint density at radius 3 is 1.51 bits per heavy atom. The predicted molar refractivity (Wildman–Crippen MR) is 228 cm³/mol. The van der Waals surface area contributed by atoms with Crippen molar-refractivity contribution in [3.63, 3.8) is 0 Å². The van der Waals surface area contributed by atoms with Crippen LogP contribution in [-0.2, 0) is 0 Å². The third-order valence-corrected chi connectivity index (χ3v) is 10.5. The first-order valence-corrected chi connectivity index (χ1v) is 18.8. The number of rotatable bonds is 7. The van der Waals surface area contributed by atoms with E-state index in [1.165, 1.54) is 33.0 Å². The van der Waals surface area contributed by atoms with Crippen molar-refractivity contribution in [3.05, 3.63) is 200 Å². The van der Waals surface area contributed by atoms with Crippen LogP contribution in [0, 0.1) is 0 Å². The van der Waals surface area contributed by atoms with E-state index in [4.69, 9.17) is 15.0 Å². The Hall–Kier alpha value is -7.17. The van der Waals surface area contributed by atoms with Gasteiger partial charge in [-0.25, -0.2) is 15.0 Å². The van der Waals surface area contributed by atoms with Gasteiger partial charge in [0.15, 0.2) is 17.5 Å². The highest BCUT2D eigenvalue weighted by atomic mass is 15.0. The summed E-state index contributed by atoms with van der Waals surface area (Å²) >= 11 is 0. The smallest absolute Gasteiger partial charge is 0.164 e. The van der Waals surface area contributed by atoms with E-state index in [1.54, 1.807) is 0 Å². The van der Waals surface area contributed by atoms with Crippen molar-refractivity contribution < 1.29 is 0 Å². The Bertz CT molecular complexity index is 2900. The number of allylic oxidation sites excluding steroid dienone is 4. The molecule has 0 unspecified atom stereocenters. The Kier molecular flexibility index (Phi) is 8.27. The quantitative estimate of drug-likeness (QED) is 0.166. The summed E-state index contributed by atoms with van der Waals surface area (Å²) in [5.74, 6) is 2.07. The lowest BCUT2D eigenvalue weighted by Gasteiger charge is -2.13. The average molecular weight is 705 g/mol. The minimum Gasteiger partial charge on any atom is -0.309 e. The summed E-state index contributed by atoms with van der Waals surface area (Å²) in [6.45, 7) is 0. The molecule has 0 saturated carbocycles. The molecule has 0 atom stereocenters. The van der Waals surface area contributed by atoms with Crippen LogP contribution < -0.4 is 0 Å². The number of hydrogen-bond donors (Lipinski definition) is 0. The molecular weight excluding hydrogens is 669 g/mol. The fraction of sp³-hybridized carbons (Fsp3) is 0.0392. The molecule has 0 N–H and O–H groups in total. The van der Waals surface area contributed by atoms with Gasteiger partial charge < -0.3 is 4.57 Å². The zero-order valence-electron chi connectivity index (χ0n) is 30.2. The topological polar surface area (TPSA) is 43.6 Å². The van der Waals surface area contributed by atoms with E-state index in [2.05, 4.69) is 181 Å². The third kappa shape index (κ3) is 6.04. The van der Waals surface area contributed by atoms with E-state index in [0.717, 1.165) is 63.2 Å². The molecule has 2 heterocycles. The summed E-state index contributed by atoms with van der Waals surface area (Å²) in [6.07, 6.45) is 8.29. The van der Waals surface area contributed by atoms with Gasteiger partial charge in [-0.2, -0.15) is 0 Å². The van der Waals surface area contributed by atoms with Crippen LogP contribution in [-0.4, -0.2) is 19.5 Å². The van der Waals surface area contributed by atoms with E-state index < -0.39 is 0 Å². The van der Waals surface area contributed by atoms with Gasteiger partial charge in [0.2, 0.25) is 0 Å². The number of benzene rings is 7. The van der Waals surface area contributed by atoms with Crippen molar-refractivity contribution in [1.82, 2.24) is 19.5 Å². The minimum atomic E-state index is 0.665. The Labute approximate surface area is 320 Å². The molecule has 0 radical (unpaired) electrons. The van der Waals surface area contributed by atoms with Gasteiger partial charge in [-0.15, -0.1) is 0 Å². The number of para-hydroxylation sites is 1. The largest absolute Gasteiger partial charge is 0.309 e. The summed E-state index contributed by atoms with van der Waals surface area (Å²) in [4.78, 5) is 15.2. The maximum Gasteiger partial charge on any atom is 0.164 e. The third-order valence-electron chi connectivity index (χ3n) is 10.5. The second kappa shape index (κ2) is 14.0. The normalized spacial score (nSPS) is 12.6. The second-order valence-electron chi connectivity index (χ2n) is 13.9. The molecule has 2 aromatic heterocycles. The molecule has 260 valence electrons. The molecule has 0 bridgehead atoms. The molecule has 1 aliphatic carbocycles. The SMILES string of the molecule is C1=CCCC(c2nc(-c3ccccc3)nc(-c3cccc(-c4cccc5c4c4c(-c6cccc(-c7ccccc7)c6)cccc4n5-c4ccccc4)c3)n2)=C1. The highest BCUT2D eigenvalue weighted by Crippen LogP contribution is 2.44. The van der Waals surface area contributed by atoms with Gasteiger partial charge in [-0.3, -0.25) is 0 Å². The Morgan fingerprint density at radius 1 is 0.400 bits per heavy atom. The van der Waals surface area contributed by atoms with Crippen LogP contribution >= 0.6 is 0 Å². The van der Waals surface area contributed by atoms with Crippen molar-refractivity contribution in [3.8, 4) is 61.8 Å². The molecule has 4 heteroatoms. The molecular formula is C51H36N4. The molecule has 55 heavy (non-hydrogen) atoms. The van der Waals surface area contributed by atoms with Gasteiger partial charge in [-0.05, 0) is 88.2 Å². The van der Waals surface area contributed by atoms with Gasteiger partial charge in [0, 0.05) is 27.6 Å². The van der Waals surface area contributed by atoms with Crippen LogP contribution in [0.5, 0.6) is 0 Å². The Morgan fingerprint density at radius 2 is 0.891 bits per heavy atom. The van der Waals surface area contributed by atoms with Crippen LogP contribution in [0.3, 0.4) is 0 Å². The summed E-state index contributed by atoms with van der Waals surface area (Å²) in [7, 11) is 0. The monoisotopic (exact) mass is 704 g/mol. The average Bonchev–Trinajstić information content (AvgIpc) is 3.62. The predicted octanol–water partition coefficient (Wildman–Crippen LogP) is 13.0. The fourth-order valence-corrected chi connectivity index (χ4v) is 7.92. The van der Waals surface area contributed by atoms with Gasteiger partial charge in [0.05, 0.1) is 11.0 Å². The van der Waals surface area contributed by atoms with E-state index >= 15 is 0 Å². The van der Waals surface area contributed by atoms with Crippen molar-refractivity contribution in [1.29, 1.82) is 0 Å². The number of hydrogen-bond acceptors (Lipinski definition) is 3. The Balaban J connectivity index is 1.20. The molecule has 0 spiro atoms. The highest BCUT2D eigenvalue weighted by molar-refractivity contribution is 6.20. The van der Waals surface area contributed by atoms with Crippen LogP contribution in [0.25, 0.3) is 89.2 Å². The van der Waals surface area contributed by atoms with Gasteiger partial charge in [0.25, 0.3) is 0 Å². The van der Waals surface area contributed by atoms with Crippen molar-refractivity contribution in [2.45, 2.75) is 12.8 Å². The molecule has 9 aromatic rings. The zero-order valence-corrected chi connectivity index (χ0v) is 30.2. The lowest BCUT2D eigenvalue weighted by atomic mass is 9.93. The second-order valence-corrected chi connectivity index (χ2v) is 13.9. The minimum absolute atomic E-state index is 0.665. The first kappa shape index (κ1) is 32.5. The summed E-state index contributed by atoms with van der Waals surface area (Å²) in [6, 6.07) is 62.5. The van der Waals surface area contributed by atoms with E-state index in [9.17, 15) is 0 Å². The molecule has 0 amide bonds. The fourth-order valence-electron chi connectivity index (χ4n) is 7.92. The summed E-state index contributed by atoms with van der Waals surface area (Å²) < 4.78 is 2.40. The van der Waals surface area contributed by atoms with E-state index in [1.807, 2.05) is 18.2 Å². The lowest BCUT2D eigenvalue weighted by molar-refractivity contribution is 0.978. The number of nitrogens with zero attached hydrogens (tertiary/aromatic N) is 4. The number of aromatic nitrogens is 4. The zero-order chi connectivity index (χ0) is 36.6. The van der Waals surface area contributed by atoms with E-state index in [-0.39, 0.29) is 0 Å². The lowest BCUT2D eigenvalue weighted by Crippen LogP contribution is -2.03. The van der Waals surface area contributed by atoms with Crippen LogP contribution in [0.1, 0.15) is 18.7 Å². The molecule has 1 aliphatic rings. The van der Waals surface area contributed by atoms with Crippen LogP contribution in [0.15, 0.2) is 194 Å². The van der Waals surface area contributed by atoms with Crippen molar-refractivity contribution in [2.75, 3.05) is 0 Å². The molecule has 4 nitrogen and oxygen atoms in total. The van der Waals surface area contributed by atoms with Crippen LogP contribution in [0.4, 0.5) is 0 Å². The number of fused-ring (bicyclic) bond motifs is 3. The summed E-state index contributed by atoms with van der Waals surface area (Å²) in [5.41, 5.74) is 13.5. The first-order chi connectivity index (χ1) is 27.3. The summed E-state index contributed by atoms with van der Waals surface area (Å²) in [5, 5.41) is 2.43. The van der Waals surface area contributed by atoms with Gasteiger partial charge in [-0.1, -0.05) is 158 Å². The molecule has 10 rings (SSSR count). The maximum absolute atomic E-state index is 5.10.